The van der Waals surface area contributed by atoms with Crippen LogP contribution in [0.3, 0.4) is 0 Å². The molecule has 0 aliphatic carbocycles. The number of ether oxygens (including phenoxy) is 1. The lowest BCUT2D eigenvalue weighted by atomic mass is 10.1. The van der Waals surface area contributed by atoms with E-state index in [0.717, 1.165) is 16.9 Å². The van der Waals surface area contributed by atoms with Gasteiger partial charge in [-0.25, -0.2) is 0 Å². The molecule has 0 saturated heterocycles. The minimum Gasteiger partial charge on any atom is -0.484 e. The molecule has 0 aliphatic heterocycles. The highest BCUT2D eigenvalue weighted by atomic mass is 16.5. The third-order valence-corrected chi connectivity index (χ3v) is 3.23. The van der Waals surface area contributed by atoms with Crippen molar-refractivity contribution < 1.29 is 4.74 Å². The molecule has 100 valence electrons. The summed E-state index contributed by atoms with van der Waals surface area (Å²) < 4.78 is 6.07. The molecule has 0 saturated carbocycles. The normalized spacial score (nSPS) is 12.2. The quantitative estimate of drug-likeness (QED) is 0.904. The molecule has 0 heterocycles. The molecule has 19 heavy (non-hydrogen) atoms. The Morgan fingerprint density at radius 3 is 2.37 bits per heavy atom. The second-order valence-electron chi connectivity index (χ2n) is 5.03. The number of hydrogen-bond donors (Lipinski definition) is 1. The first-order valence-electron chi connectivity index (χ1n) is 6.60. The van der Waals surface area contributed by atoms with Gasteiger partial charge in [0.1, 0.15) is 11.9 Å². The van der Waals surface area contributed by atoms with E-state index in [0.29, 0.717) is 6.54 Å². The smallest absolute Gasteiger partial charge is 0.136 e. The third-order valence-electron chi connectivity index (χ3n) is 3.23. The van der Waals surface area contributed by atoms with Crippen molar-refractivity contribution in [1.82, 2.24) is 0 Å². The van der Waals surface area contributed by atoms with Crippen molar-refractivity contribution in [3.8, 4) is 5.75 Å². The predicted octanol–water partition coefficient (Wildman–Crippen LogP) is 3.69. The highest BCUT2D eigenvalue weighted by Crippen LogP contribution is 2.25. The summed E-state index contributed by atoms with van der Waals surface area (Å²) in [5, 5.41) is 0. The van der Waals surface area contributed by atoms with E-state index in [2.05, 4.69) is 51.1 Å². The summed E-state index contributed by atoms with van der Waals surface area (Å²) in [6, 6.07) is 14.5. The molecule has 2 rings (SSSR count). The Hall–Kier alpha value is -1.80. The SMILES string of the molecule is Cc1cccc(C(CN)Oc2ccc(C)cc2C)c1. The first kappa shape index (κ1) is 13.6. The molecule has 2 nitrogen and oxygen atoms in total. The average Bonchev–Trinajstić information content (AvgIpc) is 2.38. The van der Waals surface area contributed by atoms with E-state index in [1.807, 2.05) is 12.1 Å². The molecular formula is C17H21NO. The first-order chi connectivity index (χ1) is 9.10. The van der Waals surface area contributed by atoms with Gasteiger partial charge in [-0.2, -0.15) is 0 Å². The lowest BCUT2D eigenvalue weighted by molar-refractivity contribution is 0.212. The van der Waals surface area contributed by atoms with Gasteiger partial charge in [0.05, 0.1) is 0 Å². The molecule has 1 unspecified atom stereocenters. The van der Waals surface area contributed by atoms with Crippen LogP contribution in [0.4, 0.5) is 0 Å². The molecule has 0 bridgehead atoms. The van der Waals surface area contributed by atoms with Crippen molar-refractivity contribution in [2.45, 2.75) is 26.9 Å². The average molecular weight is 255 g/mol. The fourth-order valence-electron chi connectivity index (χ4n) is 2.21. The Kier molecular flexibility index (Phi) is 4.23. The van der Waals surface area contributed by atoms with Crippen LogP contribution in [0, 0.1) is 20.8 Å². The van der Waals surface area contributed by atoms with Crippen LogP contribution >= 0.6 is 0 Å². The molecule has 0 radical (unpaired) electrons. The minimum absolute atomic E-state index is 0.0960. The van der Waals surface area contributed by atoms with Gasteiger partial charge in [0.25, 0.3) is 0 Å². The van der Waals surface area contributed by atoms with Crippen LogP contribution in [0.2, 0.25) is 0 Å². The summed E-state index contributed by atoms with van der Waals surface area (Å²) >= 11 is 0. The Labute approximate surface area is 115 Å². The predicted molar refractivity (Wildman–Crippen MR) is 79.5 cm³/mol. The van der Waals surface area contributed by atoms with Gasteiger partial charge in [-0.3, -0.25) is 0 Å². The maximum atomic E-state index is 6.07. The van der Waals surface area contributed by atoms with E-state index in [1.165, 1.54) is 11.1 Å². The molecule has 1 atom stereocenters. The summed E-state index contributed by atoms with van der Waals surface area (Å²) in [6.45, 7) is 6.69. The van der Waals surface area contributed by atoms with Crippen LogP contribution in [-0.2, 0) is 0 Å². The van der Waals surface area contributed by atoms with Gasteiger partial charge in [0.2, 0.25) is 0 Å². The fourth-order valence-corrected chi connectivity index (χ4v) is 2.21. The number of aryl methyl sites for hydroxylation is 3. The van der Waals surface area contributed by atoms with Crippen molar-refractivity contribution in [2.24, 2.45) is 5.73 Å². The highest BCUT2D eigenvalue weighted by Gasteiger charge is 2.12. The van der Waals surface area contributed by atoms with Gasteiger partial charge in [0.15, 0.2) is 0 Å². The van der Waals surface area contributed by atoms with Crippen molar-refractivity contribution in [3.63, 3.8) is 0 Å². The number of rotatable bonds is 4. The zero-order valence-corrected chi connectivity index (χ0v) is 11.8. The van der Waals surface area contributed by atoms with Crippen molar-refractivity contribution in [2.75, 3.05) is 6.54 Å². The largest absolute Gasteiger partial charge is 0.484 e. The highest BCUT2D eigenvalue weighted by molar-refractivity contribution is 5.36. The summed E-state index contributed by atoms with van der Waals surface area (Å²) in [4.78, 5) is 0. The zero-order chi connectivity index (χ0) is 13.8. The second-order valence-corrected chi connectivity index (χ2v) is 5.03. The standard InChI is InChI=1S/C17H21NO/c1-12-5-4-6-15(10-12)17(11-18)19-16-8-7-13(2)9-14(16)3/h4-10,17H,11,18H2,1-3H3. The molecule has 2 heteroatoms. The van der Waals surface area contributed by atoms with Gasteiger partial charge < -0.3 is 10.5 Å². The van der Waals surface area contributed by atoms with E-state index >= 15 is 0 Å². The molecule has 0 aromatic heterocycles. The molecule has 2 aromatic carbocycles. The maximum Gasteiger partial charge on any atom is 0.136 e. The van der Waals surface area contributed by atoms with Crippen molar-refractivity contribution in [1.29, 1.82) is 0 Å². The summed E-state index contributed by atoms with van der Waals surface area (Å²) in [5.74, 6) is 0.905. The van der Waals surface area contributed by atoms with Gasteiger partial charge in [-0.15, -0.1) is 0 Å². The van der Waals surface area contributed by atoms with Crippen LogP contribution in [0.1, 0.15) is 28.4 Å². The topological polar surface area (TPSA) is 35.2 Å². The molecule has 0 spiro atoms. The molecule has 2 aromatic rings. The van der Waals surface area contributed by atoms with E-state index in [4.69, 9.17) is 10.5 Å². The maximum absolute atomic E-state index is 6.07. The lowest BCUT2D eigenvalue weighted by Crippen LogP contribution is -2.18. The van der Waals surface area contributed by atoms with Crippen molar-refractivity contribution in [3.05, 3.63) is 64.7 Å². The van der Waals surface area contributed by atoms with Gasteiger partial charge in [-0.05, 0) is 38.0 Å². The van der Waals surface area contributed by atoms with Crippen molar-refractivity contribution >= 4 is 0 Å². The molecule has 0 aliphatic rings. The third kappa shape index (κ3) is 3.36. The van der Waals surface area contributed by atoms with Gasteiger partial charge in [0, 0.05) is 6.54 Å². The number of nitrogens with two attached hydrogens (primary N) is 1. The second kappa shape index (κ2) is 5.89. The van der Waals surface area contributed by atoms with E-state index in [1.54, 1.807) is 0 Å². The Morgan fingerprint density at radius 2 is 1.74 bits per heavy atom. The van der Waals surface area contributed by atoms with Gasteiger partial charge in [-0.1, -0.05) is 47.5 Å². The number of hydrogen-bond acceptors (Lipinski definition) is 2. The Balaban J connectivity index is 2.24. The van der Waals surface area contributed by atoms with Gasteiger partial charge >= 0.3 is 0 Å². The minimum atomic E-state index is -0.0960. The molecular weight excluding hydrogens is 234 g/mol. The monoisotopic (exact) mass is 255 g/mol. The zero-order valence-electron chi connectivity index (χ0n) is 11.8. The van der Waals surface area contributed by atoms with Crippen LogP contribution in [0.25, 0.3) is 0 Å². The molecule has 0 fully saturated rings. The van der Waals surface area contributed by atoms with E-state index in [9.17, 15) is 0 Å². The van der Waals surface area contributed by atoms with Crippen LogP contribution in [-0.4, -0.2) is 6.54 Å². The van der Waals surface area contributed by atoms with E-state index in [-0.39, 0.29) is 6.10 Å². The summed E-state index contributed by atoms with van der Waals surface area (Å²) in [7, 11) is 0. The summed E-state index contributed by atoms with van der Waals surface area (Å²) in [6.07, 6.45) is -0.0960. The molecule has 0 amide bonds. The number of benzene rings is 2. The Bertz CT molecular complexity index is 563. The fraction of sp³-hybridized carbons (Fsp3) is 0.294. The summed E-state index contributed by atoms with van der Waals surface area (Å²) in [5.41, 5.74) is 10.6. The Morgan fingerprint density at radius 1 is 1.00 bits per heavy atom. The molecule has 2 N–H and O–H groups in total. The first-order valence-corrected chi connectivity index (χ1v) is 6.60. The van der Waals surface area contributed by atoms with Crippen LogP contribution in [0.5, 0.6) is 5.75 Å². The lowest BCUT2D eigenvalue weighted by Gasteiger charge is -2.20. The van der Waals surface area contributed by atoms with Crippen LogP contribution in [0.15, 0.2) is 42.5 Å². The van der Waals surface area contributed by atoms with Crippen LogP contribution < -0.4 is 10.5 Å². The van der Waals surface area contributed by atoms with E-state index < -0.39 is 0 Å².